The van der Waals surface area contributed by atoms with Crippen LogP contribution in [0.25, 0.3) is 0 Å². The molecule has 1 fully saturated rings. The number of nitrogens with one attached hydrogen (secondary N) is 2. The first-order valence-corrected chi connectivity index (χ1v) is 7.88. The van der Waals surface area contributed by atoms with E-state index in [1.54, 1.807) is 0 Å². The van der Waals surface area contributed by atoms with Crippen molar-refractivity contribution in [3.05, 3.63) is 35.4 Å². The van der Waals surface area contributed by atoms with Crippen LogP contribution in [0.2, 0.25) is 0 Å². The number of benzene rings is 1. The van der Waals surface area contributed by atoms with Crippen molar-refractivity contribution in [1.82, 2.24) is 15.5 Å². The minimum atomic E-state index is -0.0757. The monoisotopic (exact) mass is 303 g/mol. The number of carbonyl (C=O) groups is 2. The van der Waals surface area contributed by atoms with Crippen molar-refractivity contribution in [2.45, 2.75) is 32.7 Å². The van der Waals surface area contributed by atoms with Gasteiger partial charge in [-0.15, -0.1) is 0 Å². The molecule has 0 bridgehead atoms. The number of amides is 2. The second kappa shape index (κ2) is 7.94. The zero-order valence-electron chi connectivity index (χ0n) is 13.4. The molecular weight excluding hydrogens is 278 g/mol. The summed E-state index contributed by atoms with van der Waals surface area (Å²) in [5.74, 6) is -0.0578. The molecule has 0 unspecified atom stereocenters. The van der Waals surface area contributed by atoms with Gasteiger partial charge in [-0.3, -0.25) is 14.5 Å². The number of carbonyl (C=O) groups excluding carboxylic acids is 2. The molecule has 1 atom stereocenters. The largest absolute Gasteiger partial charge is 0.355 e. The normalized spacial score (nSPS) is 18.2. The molecule has 1 aliphatic heterocycles. The molecule has 1 saturated heterocycles. The lowest BCUT2D eigenvalue weighted by Gasteiger charge is -2.24. The van der Waals surface area contributed by atoms with Gasteiger partial charge in [-0.25, -0.2) is 0 Å². The van der Waals surface area contributed by atoms with E-state index in [0.717, 1.165) is 19.4 Å². The zero-order chi connectivity index (χ0) is 15.9. The number of hydrogen-bond donors (Lipinski definition) is 2. The molecule has 2 rings (SSSR count). The Labute approximate surface area is 132 Å². The fraction of sp³-hybridized carbons (Fsp3) is 0.529. The molecule has 0 spiro atoms. The third-order valence-electron chi connectivity index (χ3n) is 3.99. The number of nitrogens with zero attached hydrogens (tertiary/aromatic N) is 1. The highest BCUT2D eigenvalue weighted by Gasteiger charge is 2.27. The Morgan fingerprint density at radius 1 is 1.18 bits per heavy atom. The Kier molecular flexibility index (Phi) is 5.95. The number of rotatable bonds is 6. The molecule has 2 N–H and O–H groups in total. The van der Waals surface area contributed by atoms with E-state index in [9.17, 15) is 9.59 Å². The first kappa shape index (κ1) is 16.5. The lowest BCUT2D eigenvalue weighted by molar-refractivity contribution is -0.123. The molecule has 0 radical (unpaired) electrons. The maximum Gasteiger partial charge on any atom is 0.234 e. The van der Waals surface area contributed by atoms with Crippen molar-refractivity contribution in [2.75, 3.05) is 26.2 Å². The molecule has 22 heavy (non-hydrogen) atoms. The minimum absolute atomic E-state index is 0.0179. The SMILES string of the molecule is CC(=O)NCCNC(=O)CN1CCC[C@H]1c1ccc(C)cc1. The Balaban J connectivity index is 1.82. The number of likely N-dealkylation sites (tertiary alicyclic amines) is 1. The lowest BCUT2D eigenvalue weighted by Crippen LogP contribution is -2.40. The average Bonchev–Trinajstić information content (AvgIpc) is 2.92. The molecule has 2 amide bonds. The van der Waals surface area contributed by atoms with Crippen LogP contribution in [0.15, 0.2) is 24.3 Å². The number of hydrogen-bond acceptors (Lipinski definition) is 3. The van der Waals surface area contributed by atoms with Crippen molar-refractivity contribution in [3.8, 4) is 0 Å². The topological polar surface area (TPSA) is 61.4 Å². The first-order chi connectivity index (χ1) is 10.6. The summed E-state index contributed by atoms with van der Waals surface area (Å²) in [5, 5.41) is 5.52. The minimum Gasteiger partial charge on any atom is -0.355 e. The summed E-state index contributed by atoms with van der Waals surface area (Å²) in [6.45, 7) is 5.87. The van der Waals surface area contributed by atoms with Gasteiger partial charge in [-0.2, -0.15) is 0 Å². The highest BCUT2D eigenvalue weighted by molar-refractivity contribution is 5.78. The van der Waals surface area contributed by atoms with Gasteiger partial charge in [0.2, 0.25) is 11.8 Å². The second-order valence-corrected chi connectivity index (χ2v) is 5.87. The highest BCUT2D eigenvalue weighted by Crippen LogP contribution is 2.31. The summed E-state index contributed by atoms with van der Waals surface area (Å²) < 4.78 is 0. The first-order valence-electron chi connectivity index (χ1n) is 7.88. The maximum absolute atomic E-state index is 12.0. The van der Waals surface area contributed by atoms with Crippen LogP contribution >= 0.6 is 0 Å². The molecule has 1 aromatic carbocycles. The van der Waals surface area contributed by atoms with Crippen LogP contribution in [0.4, 0.5) is 0 Å². The Hall–Kier alpha value is -1.88. The van der Waals surface area contributed by atoms with E-state index in [1.807, 2.05) is 0 Å². The summed E-state index contributed by atoms with van der Waals surface area (Å²) in [6, 6.07) is 8.90. The van der Waals surface area contributed by atoms with Crippen molar-refractivity contribution < 1.29 is 9.59 Å². The highest BCUT2D eigenvalue weighted by atomic mass is 16.2. The smallest absolute Gasteiger partial charge is 0.234 e. The molecule has 5 nitrogen and oxygen atoms in total. The standard InChI is InChI=1S/C17H25N3O2/c1-13-5-7-15(8-6-13)16-4-3-11-20(16)12-17(22)19-10-9-18-14(2)21/h5-8,16H,3-4,9-12H2,1-2H3,(H,18,21)(H,19,22)/t16-/m0/s1. The van der Waals surface area contributed by atoms with Crippen molar-refractivity contribution in [1.29, 1.82) is 0 Å². The van der Waals surface area contributed by atoms with Crippen LogP contribution in [-0.4, -0.2) is 42.9 Å². The van der Waals surface area contributed by atoms with Gasteiger partial charge in [-0.05, 0) is 31.9 Å². The van der Waals surface area contributed by atoms with Crippen LogP contribution < -0.4 is 10.6 Å². The Morgan fingerprint density at radius 2 is 1.86 bits per heavy atom. The van der Waals surface area contributed by atoms with Gasteiger partial charge in [0.05, 0.1) is 6.54 Å². The summed E-state index contributed by atoms with van der Waals surface area (Å²) in [5.41, 5.74) is 2.54. The van der Waals surface area contributed by atoms with E-state index in [2.05, 4.69) is 46.7 Å². The summed E-state index contributed by atoms with van der Waals surface area (Å²) >= 11 is 0. The van der Waals surface area contributed by atoms with Crippen molar-refractivity contribution >= 4 is 11.8 Å². The Bertz CT molecular complexity index is 513. The third kappa shape index (κ3) is 4.84. The summed E-state index contributed by atoms with van der Waals surface area (Å²) in [7, 11) is 0. The average molecular weight is 303 g/mol. The predicted molar refractivity (Wildman–Crippen MR) is 86.4 cm³/mol. The Morgan fingerprint density at radius 3 is 2.55 bits per heavy atom. The predicted octanol–water partition coefficient (Wildman–Crippen LogP) is 1.38. The molecule has 0 saturated carbocycles. The van der Waals surface area contributed by atoms with Crippen molar-refractivity contribution in [3.63, 3.8) is 0 Å². The van der Waals surface area contributed by atoms with Gasteiger partial charge < -0.3 is 10.6 Å². The van der Waals surface area contributed by atoms with Crippen LogP contribution in [0.3, 0.4) is 0 Å². The third-order valence-corrected chi connectivity index (χ3v) is 3.99. The van der Waals surface area contributed by atoms with Crippen LogP contribution in [0.5, 0.6) is 0 Å². The molecule has 1 aliphatic rings. The van der Waals surface area contributed by atoms with Crippen LogP contribution in [0, 0.1) is 6.92 Å². The fourth-order valence-electron chi connectivity index (χ4n) is 2.86. The van der Waals surface area contributed by atoms with Gasteiger partial charge in [0, 0.05) is 26.1 Å². The van der Waals surface area contributed by atoms with E-state index in [0.29, 0.717) is 25.7 Å². The summed E-state index contributed by atoms with van der Waals surface area (Å²) in [4.78, 5) is 25.0. The molecule has 5 heteroatoms. The van der Waals surface area contributed by atoms with E-state index in [4.69, 9.17) is 0 Å². The lowest BCUT2D eigenvalue weighted by atomic mass is 10.0. The van der Waals surface area contributed by atoms with E-state index >= 15 is 0 Å². The quantitative estimate of drug-likeness (QED) is 0.781. The van der Waals surface area contributed by atoms with E-state index in [1.165, 1.54) is 18.1 Å². The summed E-state index contributed by atoms with van der Waals surface area (Å²) in [6.07, 6.45) is 2.22. The second-order valence-electron chi connectivity index (χ2n) is 5.87. The molecule has 120 valence electrons. The molecule has 0 aromatic heterocycles. The number of aryl methyl sites for hydroxylation is 1. The van der Waals surface area contributed by atoms with Crippen LogP contribution in [-0.2, 0) is 9.59 Å². The van der Waals surface area contributed by atoms with Crippen molar-refractivity contribution in [2.24, 2.45) is 0 Å². The molecule has 0 aliphatic carbocycles. The molecule has 1 heterocycles. The molecule has 1 aromatic rings. The van der Waals surface area contributed by atoms with Gasteiger partial charge in [0.15, 0.2) is 0 Å². The zero-order valence-corrected chi connectivity index (χ0v) is 13.4. The fourth-order valence-corrected chi connectivity index (χ4v) is 2.86. The van der Waals surface area contributed by atoms with Gasteiger partial charge in [0.25, 0.3) is 0 Å². The van der Waals surface area contributed by atoms with E-state index < -0.39 is 0 Å². The van der Waals surface area contributed by atoms with Gasteiger partial charge in [0.1, 0.15) is 0 Å². The van der Waals surface area contributed by atoms with E-state index in [-0.39, 0.29) is 11.8 Å². The maximum atomic E-state index is 12.0. The van der Waals surface area contributed by atoms with Gasteiger partial charge >= 0.3 is 0 Å². The van der Waals surface area contributed by atoms with Gasteiger partial charge in [-0.1, -0.05) is 29.8 Å². The van der Waals surface area contributed by atoms with Crippen LogP contribution in [0.1, 0.15) is 36.9 Å². The molecular formula is C17H25N3O2.